The van der Waals surface area contributed by atoms with Crippen LogP contribution in [-0.2, 0) is 19.6 Å². The highest BCUT2D eigenvalue weighted by atomic mass is 35.5. The quantitative estimate of drug-likeness (QED) is 0.811. The summed E-state index contributed by atoms with van der Waals surface area (Å²) in [7, 11) is 3.75. The van der Waals surface area contributed by atoms with Crippen molar-refractivity contribution in [3.8, 4) is 0 Å². The molecule has 3 N–H and O–H groups in total. The maximum atomic E-state index is 13.7. The number of carbonyl (C=O) groups excluding carboxylic acids is 1. The first-order chi connectivity index (χ1) is 10.5. The van der Waals surface area contributed by atoms with Crippen LogP contribution < -0.4 is 11.1 Å². The van der Waals surface area contributed by atoms with Gasteiger partial charge in [-0.25, -0.2) is 4.39 Å². The molecule has 0 saturated heterocycles. The first-order valence-corrected chi connectivity index (χ1v) is 6.97. The number of benzene rings is 1. The average molecular weight is 378 g/mol. The van der Waals surface area contributed by atoms with Crippen molar-refractivity contribution in [3.63, 3.8) is 0 Å². The minimum atomic E-state index is -0.248. The zero-order valence-electron chi connectivity index (χ0n) is 13.5. The van der Waals surface area contributed by atoms with Crippen molar-refractivity contribution >= 4 is 30.7 Å². The number of halogens is 3. The van der Waals surface area contributed by atoms with E-state index in [0.29, 0.717) is 30.0 Å². The Morgan fingerprint density at radius 1 is 1.29 bits per heavy atom. The zero-order chi connectivity index (χ0) is 16.1. The number of nitrogens with one attached hydrogen (secondary N) is 1. The van der Waals surface area contributed by atoms with Crippen LogP contribution in [0.4, 0.5) is 4.39 Å². The van der Waals surface area contributed by atoms with E-state index >= 15 is 0 Å². The minimum absolute atomic E-state index is 0. The molecule has 0 atom stereocenters. The van der Waals surface area contributed by atoms with Crippen LogP contribution in [0.1, 0.15) is 27.2 Å². The summed E-state index contributed by atoms with van der Waals surface area (Å²) in [5.74, 6) is 0.0633. The molecule has 1 heterocycles. The van der Waals surface area contributed by atoms with Gasteiger partial charge >= 0.3 is 0 Å². The van der Waals surface area contributed by atoms with Crippen molar-refractivity contribution in [2.24, 2.45) is 5.73 Å². The van der Waals surface area contributed by atoms with Crippen molar-refractivity contribution in [1.82, 2.24) is 10.2 Å². The summed E-state index contributed by atoms with van der Waals surface area (Å²) in [4.78, 5) is 13.9. The molecule has 1 aromatic heterocycles. The van der Waals surface area contributed by atoms with Gasteiger partial charge in [-0.3, -0.25) is 4.79 Å². The molecule has 0 aliphatic carbocycles. The SMILES string of the molecule is CN(C)Cc1cc(CNC(=O)c2coc(CN)c2)ccc1F.Cl.Cl. The molecule has 134 valence electrons. The highest BCUT2D eigenvalue weighted by Gasteiger charge is 2.10. The summed E-state index contributed by atoms with van der Waals surface area (Å²) in [6.07, 6.45) is 1.37. The van der Waals surface area contributed by atoms with Gasteiger partial charge in [0.2, 0.25) is 0 Å². The third-order valence-electron chi connectivity index (χ3n) is 3.17. The van der Waals surface area contributed by atoms with Crippen molar-refractivity contribution in [2.45, 2.75) is 19.6 Å². The van der Waals surface area contributed by atoms with Gasteiger partial charge in [-0.1, -0.05) is 6.07 Å². The van der Waals surface area contributed by atoms with Crippen LogP contribution in [0, 0.1) is 5.82 Å². The molecule has 2 aromatic rings. The van der Waals surface area contributed by atoms with E-state index in [2.05, 4.69) is 5.32 Å². The fourth-order valence-electron chi connectivity index (χ4n) is 2.09. The van der Waals surface area contributed by atoms with Crippen LogP contribution in [0.5, 0.6) is 0 Å². The molecular weight excluding hydrogens is 356 g/mol. The molecule has 24 heavy (non-hydrogen) atoms. The van der Waals surface area contributed by atoms with E-state index in [1.165, 1.54) is 12.3 Å². The van der Waals surface area contributed by atoms with Gasteiger partial charge in [-0.2, -0.15) is 0 Å². The first-order valence-electron chi connectivity index (χ1n) is 6.97. The van der Waals surface area contributed by atoms with Crippen molar-refractivity contribution in [2.75, 3.05) is 14.1 Å². The Kier molecular flexibility index (Phi) is 9.62. The highest BCUT2D eigenvalue weighted by Crippen LogP contribution is 2.13. The second-order valence-electron chi connectivity index (χ2n) is 5.35. The topological polar surface area (TPSA) is 71.5 Å². The lowest BCUT2D eigenvalue weighted by Gasteiger charge is -2.12. The summed E-state index contributed by atoms with van der Waals surface area (Å²) in [6, 6.07) is 6.45. The maximum absolute atomic E-state index is 13.7. The van der Waals surface area contributed by atoms with Gasteiger partial charge < -0.3 is 20.4 Å². The predicted molar refractivity (Wildman–Crippen MR) is 96.1 cm³/mol. The molecule has 1 aromatic carbocycles. The summed E-state index contributed by atoms with van der Waals surface area (Å²) in [6.45, 7) is 1.08. The minimum Gasteiger partial charge on any atom is -0.467 e. The standard InChI is InChI=1S/C16H20FN3O2.2ClH/c1-20(2)9-12-5-11(3-4-15(12)17)8-19-16(21)13-6-14(7-18)22-10-13;;/h3-6,10H,7-9,18H2,1-2H3,(H,19,21);2*1H. The summed E-state index contributed by atoms with van der Waals surface area (Å²) in [5.41, 5.74) is 7.30. The fraction of sp³-hybridized carbons (Fsp3) is 0.312. The van der Waals surface area contributed by atoms with Crippen molar-refractivity contribution in [1.29, 1.82) is 0 Å². The van der Waals surface area contributed by atoms with Crippen LogP contribution in [0.2, 0.25) is 0 Å². The van der Waals surface area contributed by atoms with E-state index in [9.17, 15) is 9.18 Å². The molecule has 5 nitrogen and oxygen atoms in total. The van der Waals surface area contributed by atoms with E-state index in [0.717, 1.165) is 5.56 Å². The van der Waals surface area contributed by atoms with Crippen LogP contribution in [0.3, 0.4) is 0 Å². The average Bonchev–Trinajstić information content (AvgIpc) is 2.96. The van der Waals surface area contributed by atoms with Gasteiger partial charge in [0, 0.05) is 18.7 Å². The Morgan fingerprint density at radius 3 is 2.58 bits per heavy atom. The predicted octanol–water partition coefficient (Wildman–Crippen LogP) is 2.71. The van der Waals surface area contributed by atoms with Gasteiger partial charge in [-0.15, -0.1) is 24.8 Å². The van der Waals surface area contributed by atoms with Crippen molar-refractivity contribution < 1.29 is 13.6 Å². The number of hydrogen-bond donors (Lipinski definition) is 2. The Labute approximate surface area is 153 Å². The van der Waals surface area contributed by atoms with E-state index < -0.39 is 0 Å². The molecule has 0 bridgehead atoms. The maximum Gasteiger partial charge on any atom is 0.254 e. The lowest BCUT2D eigenvalue weighted by molar-refractivity contribution is 0.0950. The van der Waals surface area contributed by atoms with E-state index in [1.807, 2.05) is 19.0 Å². The first kappa shape index (κ1) is 22.4. The molecule has 0 aliphatic heterocycles. The molecule has 8 heteroatoms. The van der Waals surface area contributed by atoms with Gasteiger partial charge in [-0.05, 0) is 37.9 Å². The molecule has 0 saturated carbocycles. The molecule has 0 unspecified atom stereocenters. The summed E-state index contributed by atoms with van der Waals surface area (Å²) < 4.78 is 18.8. The lowest BCUT2D eigenvalue weighted by atomic mass is 10.1. The Balaban J connectivity index is 0.00000264. The molecule has 0 spiro atoms. The monoisotopic (exact) mass is 377 g/mol. The van der Waals surface area contributed by atoms with E-state index in [-0.39, 0.29) is 43.1 Å². The van der Waals surface area contributed by atoms with Crippen molar-refractivity contribution in [3.05, 3.63) is 58.8 Å². The number of rotatable bonds is 6. The van der Waals surface area contributed by atoms with Crippen LogP contribution in [0.25, 0.3) is 0 Å². The van der Waals surface area contributed by atoms with Gasteiger partial charge in [0.1, 0.15) is 17.8 Å². The number of hydrogen-bond acceptors (Lipinski definition) is 4. The molecule has 2 rings (SSSR count). The second-order valence-corrected chi connectivity index (χ2v) is 5.35. The summed E-state index contributed by atoms with van der Waals surface area (Å²) >= 11 is 0. The Hall–Kier alpha value is -1.60. The largest absolute Gasteiger partial charge is 0.467 e. The summed E-state index contributed by atoms with van der Waals surface area (Å²) in [5, 5.41) is 2.78. The lowest BCUT2D eigenvalue weighted by Crippen LogP contribution is -2.22. The normalized spacial score (nSPS) is 10.0. The van der Waals surface area contributed by atoms with E-state index in [1.54, 1.807) is 18.2 Å². The Morgan fingerprint density at radius 2 is 2.00 bits per heavy atom. The van der Waals surface area contributed by atoms with Crippen LogP contribution in [-0.4, -0.2) is 24.9 Å². The third kappa shape index (κ3) is 6.13. The van der Waals surface area contributed by atoms with Crippen LogP contribution >= 0.6 is 24.8 Å². The molecule has 0 radical (unpaired) electrons. The number of nitrogens with zero attached hydrogens (tertiary/aromatic N) is 1. The number of nitrogens with two attached hydrogens (primary N) is 1. The molecule has 0 fully saturated rings. The van der Waals surface area contributed by atoms with Gasteiger partial charge in [0.05, 0.1) is 12.1 Å². The number of furan rings is 1. The van der Waals surface area contributed by atoms with Gasteiger partial charge in [0.25, 0.3) is 5.91 Å². The Bertz CT molecular complexity index is 663. The zero-order valence-corrected chi connectivity index (χ0v) is 15.2. The third-order valence-corrected chi connectivity index (χ3v) is 3.17. The number of carbonyl (C=O) groups is 1. The van der Waals surface area contributed by atoms with Crippen LogP contribution in [0.15, 0.2) is 34.9 Å². The molecular formula is C16H22Cl2FN3O2. The molecule has 1 amide bonds. The highest BCUT2D eigenvalue weighted by molar-refractivity contribution is 5.93. The molecule has 0 aliphatic rings. The smallest absolute Gasteiger partial charge is 0.254 e. The second kappa shape index (κ2) is 10.3. The fourth-order valence-corrected chi connectivity index (χ4v) is 2.09. The number of amides is 1. The van der Waals surface area contributed by atoms with Gasteiger partial charge in [0.15, 0.2) is 0 Å². The van der Waals surface area contributed by atoms with E-state index in [4.69, 9.17) is 10.2 Å².